The molecule has 1 saturated carbocycles. The van der Waals surface area contributed by atoms with E-state index in [1.165, 1.54) is 12.8 Å². The Hall–Kier alpha value is -1.70. The van der Waals surface area contributed by atoms with Crippen LogP contribution in [0.4, 0.5) is 11.6 Å². The topological polar surface area (TPSA) is 79.7 Å². The minimum absolute atomic E-state index is 0.374. The number of nitrogens with zero attached hydrogens (tertiary/aromatic N) is 3. The molecule has 1 fully saturated rings. The van der Waals surface area contributed by atoms with E-state index < -0.39 is 0 Å². The predicted molar refractivity (Wildman–Crippen MR) is 58.4 cm³/mol. The Morgan fingerprint density at radius 2 is 2.20 bits per heavy atom. The third-order valence-corrected chi connectivity index (χ3v) is 2.97. The van der Waals surface area contributed by atoms with Crippen LogP contribution in [0.5, 0.6) is 0 Å². The highest BCUT2D eigenvalue weighted by Crippen LogP contribution is 2.33. The average molecular weight is 205 g/mol. The Kier molecular flexibility index (Phi) is 2.50. The Bertz CT molecular complexity index is 395. The van der Waals surface area contributed by atoms with Crippen LogP contribution in [0, 0.1) is 11.3 Å². The van der Waals surface area contributed by atoms with Gasteiger partial charge in [-0.1, -0.05) is 12.8 Å². The number of hydrogen-bond acceptors (Lipinski definition) is 4. The van der Waals surface area contributed by atoms with Crippen molar-refractivity contribution in [2.45, 2.75) is 31.7 Å². The van der Waals surface area contributed by atoms with Crippen molar-refractivity contribution >= 4 is 11.6 Å². The molecule has 0 radical (unpaired) electrons. The van der Waals surface area contributed by atoms with Gasteiger partial charge in [-0.05, 0) is 12.8 Å². The second-order valence-corrected chi connectivity index (χ2v) is 3.85. The number of nitriles is 1. The van der Waals surface area contributed by atoms with Gasteiger partial charge in [-0.15, -0.1) is 0 Å². The number of hydrogen-bond donors (Lipinski definition) is 2. The summed E-state index contributed by atoms with van der Waals surface area (Å²) in [6, 6.07) is 2.46. The number of nitrogen functional groups attached to an aromatic ring is 1. The van der Waals surface area contributed by atoms with Crippen LogP contribution in [0.2, 0.25) is 0 Å². The van der Waals surface area contributed by atoms with Gasteiger partial charge in [0.25, 0.3) is 0 Å². The molecule has 5 heteroatoms. The Balaban J connectivity index is 2.40. The van der Waals surface area contributed by atoms with E-state index in [2.05, 4.69) is 16.5 Å². The first-order valence-corrected chi connectivity index (χ1v) is 5.23. The molecular weight excluding hydrogens is 190 g/mol. The molecule has 1 aliphatic carbocycles. The fourth-order valence-corrected chi connectivity index (χ4v) is 2.16. The lowest BCUT2D eigenvalue weighted by Gasteiger charge is -2.10. The third kappa shape index (κ3) is 1.52. The maximum absolute atomic E-state index is 8.96. The van der Waals surface area contributed by atoms with Crippen molar-refractivity contribution < 1.29 is 0 Å². The van der Waals surface area contributed by atoms with Crippen LogP contribution in [0.3, 0.4) is 0 Å². The largest absolute Gasteiger partial charge is 0.383 e. The van der Waals surface area contributed by atoms with Crippen molar-refractivity contribution in [2.75, 3.05) is 18.1 Å². The summed E-state index contributed by atoms with van der Waals surface area (Å²) in [6.45, 7) is 0. The summed E-state index contributed by atoms with van der Waals surface area (Å²) in [5.74, 6) is 1.08. The number of nitrogens with two attached hydrogens (primary N) is 1. The van der Waals surface area contributed by atoms with Gasteiger partial charge >= 0.3 is 0 Å². The molecule has 1 aromatic rings. The van der Waals surface area contributed by atoms with Gasteiger partial charge < -0.3 is 11.1 Å². The first kappa shape index (κ1) is 9.84. The lowest BCUT2D eigenvalue weighted by atomic mass is 10.2. The van der Waals surface area contributed by atoms with Gasteiger partial charge in [0, 0.05) is 7.05 Å². The van der Waals surface area contributed by atoms with Crippen molar-refractivity contribution in [3.8, 4) is 6.07 Å². The summed E-state index contributed by atoms with van der Waals surface area (Å²) >= 11 is 0. The monoisotopic (exact) mass is 205 g/mol. The lowest BCUT2D eigenvalue weighted by molar-refractivity contribution is 0.475. The zero-order chi connectivity index (χ0) is 10.8. The third-order valence-electron chi connectivity index (χ3n) is 2.97. The molecule has 0 amide bonds. The number of nitrogens with one attached hydrogen (secondary N) is 1. The molecule has 0 aliphatic heterocycles. The van der Waals surface area contributed by atoms with Gasteiger partial charge in [0.2, 0.25) is 0 Å². The van der Waals surface area contributed by atoms with Crippen LogP contribution < -0.4 is 11.1 Å². The molecule has 15 heavy (non-hydrogen) atoms. The van der Waals surface area contributed by atoms with Crippen LogP contribution in [-0.2, 0) is 0 Å². The maximum Gasteiger partial charge on any atom is 0.168 e. The van der Waals surface area contributed by atoms with Gasteiger partial charge in [-0.3, -0.25) is 0 Å². The van der Waals surface area contributed by atoms with Crippen molar-refractivity contribution in [2.24, 2.45) is 0 Å². The first-order valence-electron chi connectivity index (χ1n) is 5.23. The van der Waals surface area contributed by atoms with E-state index in [0.29, 0.717) is 23.2 Å². The van der Waals surface area contributed by atoms with Crippen LogP contribution in [0.15, 0.2) is 0 Å². The van der Waals surface area contributed by atoms with Crippen LogP contribution in [-0.4, -0.2) is 16.8 Å². The highest BCUT2D eigenvalue weighted by molar-refractivity contribution is 5.63. The van der Waals surface area contributed by atoms with Crippen molar-refractivity contribution in [1.29, 1.82) is 5.26 Å². The standard InChI is InChI=1S/C10H15N5/c1-13-10-8(6-11)9(12)15(14-10)7-4-2-3-5-7/h7H,2-5,12H2,1H3,(H,13,14). The Morgan fingerprint density at radius 1 is 1.53 bits per heavy atom. The molecule has 1 aliphatic rings. The molecule has 0 unspecified atom stereocenters. The van der Waals surface area contributed by atoms with Gasteiger partial charge in [0.15, 0.2) is 5.82 Å². The van der Waals surface area contributed by atoms with Crippen LogP contribution >= 0.6 is 0 Å². The second-order valence-electron chi connectivity index (χ2n) is 3.85. The summed E-state index contributed by atoms with van der Waals surface area (Å²) in [5.41, 5.74) is 6.37. The molecule has 80 valence electrons. The van der Waals surface area contributed by atoms with E-state index in [0.717, 1.165) is 12.8 Å². The normalized spacial score (nSPS) is 16.5. The molecule has 1 heterocycles. The molecule has 3 N–H and O–H groups in total. The summed E-state index contributed by atoms with van der Waals surface area (Å²) in [6.07, 6.45) is 4.67. The molecule has 0 atom stereocenters. The van der Waals surface area contributed by atoms with Crippen molar-refractivity contribution in [1.82, 2.24) is 9.78 Å². The highest BCUT2D eigenvalue weighted by Gasteiger charge is 2.23. The van der Waals surface area contributed by atoms with E-state index >= 15 is 0 Å². The lowest BCUT2D eigenvalue weighted by Crippen LogP contribution is -2.10. The van der Waals surface area contributed by atoms with E-state index in [-0.39, 0.29) is 0 Å². The summed E-state index contributed by atoms with van der Waals surface area (Å²) < 4.78 is 1.80. The smallest absolute Gasteiger partial charge is 0.168 e. The molecule has 1 aromatic heterocycles. The van der Waals surface area contributed by atoms with Crippen LogP contribution in [0.1, 0.15) is 37.3 Å². The van der Waals surface area contributed by atoms with Gasteiger partial charge in [-0.2, -0.15) is 10.4 Å². The van der Waals surface area contributed by atoms with Crippen molar-refractivity contribution in [3.05, 3.63) is 5.56 Å². The fourth-order valence-electron chi connectivity index (χ4n) is 2.16. The Morgan fingerprint density at radius 3 is 2.67 bits per heavy atom. The van der Waals surface area contributed by atoms with Gasteiger partial charge in [0.05, 0.1) is 6.04 Å². The maximum atomic E-state index is 8.96. The first-order chi connectivity index (χ1) is 7.27. The van der Waals surface area contributed by atoms with E-state index in [4.69, 9.17) is 11.0 Å². The molecule has 2 rings (SSSR count). The number of rotatable bonds is 2. The summed E-state index contributed by atoms with van der Waals surface area (Å²) in [4.78, 5) is 0. The molecule has 0 spiro atoms. The second kappa shape index (κ2) is 3.81. The van der Waals surface area contributed by atoms with E-state index in [9.17, 15) is 0 Å². The van der Waals surface area contributed by atoms with Gasteiger partial charge in [0.1, 0.15) is 17.5 Å². The summed E-state index contributed by atoms with van der Waals surface area (Å²) in [5, 5.41) is 16.2. The number of anilines is 2. The van der Waals surface area contributed by atoms with Gasteiger partial charge in [-0.25, -0.2) is 4.68 Å². The minimum atomic E-state index is 0.374. The molecular formula is C10H15N5. The molecule has 5 nitrogen and oxygen atoms in total. The zero-order valence-corrected chi connectivity index (χ0v) is 8.82. The van der Waals surface area contributed by atoms with Crippen LogP contribution in [0.25, 0.3) is 0 Å². The molecule has 0 bridgehead atoms. The quantitative estimate of drug-likeness (QED) is 0.766. The molecule has 0 saturated heterocycles. The highest BCUT2D eigenvalue weighted by atomic mass is 15.4. The Labute approximate surface area is 88.9 Å². The minimum Gasteiger partial charge on any atom is -0.383 e. The summed E-state index contributed by atoms with van der Waals surface area (Å²) in [7, 11) is 1.75. The SMILES string of the molecule is CNc1nn(C2CCCC2)c(N)c1C#N. The average Bonchev–Trinajstić information content (AvgIpc) is 2.84. The number of aromatic nitrogens is 2. The van der Waals surface area contributed by atoms with E-state index in [1.54, 1.807) is 11.7 Å². The molecule has 0 aromatic carbocycles. The zero-order valence-electron chi connectivity index (χ0n) is 8.82. The fraction of sp³-hybridized carbons (Fsp3) is 0.600. The predicted octanol–water partition coefficient (Wildman–Crippen LogP) is 1.49. The van der Waals surface area contributed by atoms with Crippen molar-refractivity contribution in [3.63, 3.8) is 0 Å². The van der Waals surface area contributed by atoms with E-state index in [1.807, 2.05) is 0 Å².